The van der Waals surface area contributed by atoms with Crippen LogP contribution in [-0.4, -0.2) is 55.9 Å². The van der Waals surface area contributed by atoms with E-state index in [4.69, 9.17) is 4.52 Å². The van der Waals surface area contributed by atoms with Gasteiger partial charge in [0.05, 0.1) is 6.04 Å². The molecule has 2 heterocycles. The molecule has 7 nitrogen and oxygen atoms in total. The normalized spacial score (nSPS) is 21.2. The van der Waals surface area contributed by atoms with Crippen LogP contribution in [0.4, 0.5) is 0 Å². The third kappa shape index (κ3) is 3.31. The lowest BCUT2D eigenvalue weighted by Gasteiger charge is -2.30. The molecule has 8 heteroatoms. The number of nitrogens with zero attached hydrogens (tertiary/aromatic N) is 3. The molecule has 1 fully saturated rings. The number of hydrogen-bond donors (Lipinski definition) is 1. The van der Waals surface area contributed by atoms with Gasteiger partial charge >= 0.3 is 0 Å². The van der Waals surface area contributed by atoms with Crippen LogP contribution in [0.25, 0.3) is 0 Å². The van der Waals surface area contributed by atoms with E-state index < -0.39 is 15.1 Å². The maximum absolute atomic E-state index is 11.5. The molecule has 1 aliphatic heterocycles. The molecule has 1 saturated heterocycles. The van der Waals surface area contributed by atoms with E-state index in [0.29, 0.717) is 5.89 Å². The van der Waals surface area contributed by atoms with E-state index in [2.05, 4.69) is 20.4 Å². The molecule has 0 amide bonds. The summed E-state index contributed by atoms with van der Waals surface area (Å²) >= 11 is 0. The summed E-state index contributed by atoms with van der Waals surface area (Å²) in [5, 5.41) is 6.33. The minimum absolute atomic E-state index is 0.00936. The number of rotatable bonds is 4. The molecule has 0 bridgehead atoms. The molecule has 0 aliphatic carbocycles. The topological polar surface area (TPSA) is 88.3 Å². The molecule has 2 atom stereocenters. The summed E-state index contributed by atoms with van der Waals surface area (Å²) in [6.45, 7) is 7.27. The third-order valence-corrected chi connectivity index (χ3v) is 5.02. The second-order valence-electron chi connectivity index (χ2n) is 4.92. The maximum Gasteiger partial charge on any atom is 0.243 e. The van der Waals surface area contributed by atoms with Gasteiger partial charge in [0.2, 0.25) is 5.89 Å². The molecule has 2 unspecified atom stereocenters. The zero-order valence-corrected chi connectivity index (χ0v) is 12.3. The Morgan fingerprint density at radius 2 is 1.95 bits per heavy atom. The SMILES string of the molecule is CC(c1nc(C(C)S(C)(=O)=O)no1)N1CCNCC1. The van der Waals surface area contributed by atoms with Crippen molar-refractivity contribution in [1.29, 1.82) is 0 Å². The van der Waals surface area contributed by atoms with Crippen LogP contribution in [0.5, 0.6) is 0 Å². The van der Waals surface area contributed by atoms with Crippen LogP contribution < -0.4 is 5.32 Å². The summed E-state index contributed by atoms with van der Waals surface area (Å²) in [6.07, 6.45) is 1.17. The number of sulfone groups is 1. The summed E-state index contributed by atoms with van der Waals surface area (Å²) in [5.74, 6) is 0.715. The van der Waals surface area contributed by atoms with E-state index in [-0.39, 0.29) is 11.9 Å². The minimum Gasteiger partial charge on any atom is -0.338 e. The standard InChI is InChI=1S/C11H20N4O3S/c1-8(15-6-4-12-5-7-15)11-13-10(14-18-11)9(2)19(3,16)17/h8-9,12H,4-7H2,1-3H3. The van der Waals surface area contributed by atoms with Gasteiger partial charge in [-0.15, -0.1) is 0 Å². The minimum atomic E-state index is -3.20. The second kappa shape index (κ2) is 5.56. The third-order valence-electron chi connectivity index (χ3n) is 3.52. The molecular weight excluding hydrogens is 268 g/mol. The Kier molecular flexibility index (Phi) is 4.22. The van der Waals surface area contributed by atoms with Crippen molar-refractivity contribution >= 4 is 9.84 Å². The molecular formula is C11H20N4O3S. The smallest absolute Gasteiger partial charge is 0.243 e. The van der Waals surface area contributed by atoms with Crippen molar-refractivity contribution in [3.8, 4) is 0 Å². The molecule has 19 heavy (non-hydrogen) atoms. The first-order chi connectivity index (χ1) is 8.89. The van der Waals surface area contributed by atoms with Gasteiger partial charge < -0.3 is 9.84 Å². The Hall–Kier alpha value is -0.990. The Morgan fingerprint density at radius 1 is 1.32 bits per heavy atom. The van der Waals surface area contributed by atoms with Crippen LogP contribution in [0.2, 0.25) is 0 Å². The van der Waals surface area contributed by atoms with Crippen molar-refractivity contribution in [2.45, 2.75) is 25.1 Å². The predicted octanol–water partition coefficient (Wildman–Crippen LogP) is 0.141. The molecule has 108 valence electrons. The summed E-state index contributed by atoms with van der Waals surface area (Å²) in [4.78, 5) is 6.47. The average Bonchev–Trinajstić information content (AvgIpc) is 2.86. The quantitative estimate of drug-likeness (QED) is 0.843. The summed E-state index contributed by atoms with van der Waals surface area (Å²) in [7, 11) is -3.20. The van der Waals surface area contributed by atoms with E-state index >= 15 is 0 Å². The number of aromatic nitrogens is 2. The van der Waals surface area contributed by atoms with Gasteiger partial charge in [-0.05, 0) is 13.8 Å². The Balaban J connectivity index is 2.12. The second-order valence-corrected chi connectivity index (χ2v) is 7.29. The molecule has 0 radical (unpaired) electrons. The van der Waals surface area contributed by atoms with Gasteiger partial charge in [-0.25, -0.2) is 8.42 Å². The first-order valence-electron chi connectivity index (χ1n) is 6.36. The summed E-state index contributed by atoms with van der Waals surface area (Å²) in [6, 6.07) is 0.00936. The molecule has 1 aromatic heterocycles. The monoisotopic (exact) mass is 288 g/mol. The zero-order valence-electron chi connectivity index (χ0n) is 11.5. The van der Waals surface area contributed by atoms with Crippen molar-refractivity contribution in [1.82, 2.24) is 20.4 Å². The highest BCUT2D eigenvalue weighted by atomic mass is 32.2. The van der Waals surface area contributed by atoms with E-state index in [1.165, 1.54) is 6.26 Å². The van der Waals surface area contributed by atoms with Gasteiger partial charge in [0.25, 0.3) is 0 Å². The van der Waals surface area contributed by atoms with Crippen LogP contribution in [0, 0.1) is 0 Å². The van der Waals surface area contributed by atoms with Gasteiger partial charge in [-0.1, -0.05) is 5.16 Å². The van der Waals surface area contributed by atoms with Gasteiger partial charge in [0.15, 0.2) is 15.7 Å². The number of nitrogens with one attached hydrogen (secondary N) is 1. The van der Waals surface area contributed by atoms with Crippen molar-refractivity contribution in [2.24, 2.45) is 0 Å². The first kappa shape index (κ1) is 14.4. The summed E-state index contributed by atoms with van der Waals surface area (Å²) < 4.78 is 28.2. The fourth-order valence-electron chi connectivity index (χ4n) is 2.00. The van der Waals surface area contributed by atoms with Gasteiger partial charge in [0.1, 0.15) is 5.25 Å². The largest absolute Gasteiger partial charge is 0.338 e. The van der Waals surface area contributed by atoms with Crippen LogP contribution >= 0.6 is 0 Å². The number of hydrogen-bond acceptors (Lipinski definition) is 7. The fraction of sp³-hybridized carbons (Fsp3) is 0.818. The molecule has 1 N–H and O–H groups in total. The Labute approximate surface area is 113 Å². The highest BCUT2D eigenvalue weighted by molar-refractivity contribution is 7.90. The van der Waals surface area contributed by atoms with Crippen LogP contribution in [0.15, 0.2) is 4.52 Å². The molecule has 0 aromatic carbocycles. The van der Waals surface area contributed by atoms with Gasteiger partial charge in [-0.3, -0.25) is 4.90 Å². The fourth-order valence-corrected chi connectivity index (χ4v) is 2.48. The van der Waals surface area contributed by atoms with Crippen molar-refractivity contribution in [3.05, 3.63) is 11.7 Å². The van der Waals surface area contributed by atoms with Crippen LogP contribution in [0.3, 0.4) is 0 Å². The van der Waals surface area contributed by atoms with E-state index in [9.17, 15) is 8.42 Å². The maximum atomic E-state index is 11.5. The van der Waals surface area contributed by atoms with Crippen LogP contribution in [0.1, 0.15) is 36.9 Å². The number of piperazine rings is 1. The predicted molar refractivity (Wildman–Crippen MR) is 70.4 cm³/mol. The molecule has 0 spiro atoms. The van der Waals surface area contributed by atoms with Crippen LogP contribution in [-0.2, 0) is 9.84 Å². The van der Waals surface area contributed by atoms with E-state index in [0.717, 1.165) is 26.2 Å². The molecule has 0 saturated carbocycles. The molecule has 1 aliphatic rings. The van der Waals surface area contributed by atoms with E-state index in [1.54, 1.807) is 6.92 Å². The van der Waals surface area contributed by atoms with Gasteiger partial charge in [0, 0.05) is 32.4 Å². The highest BCUT2D eigenvalue weighted by Gasteiger charge is 2.27. The Morgan fingerprint density at radius 3 is 2.53 bits per heavy atom. The van der Waals surface area contributed by atoms with Crippen molar-refractivity contribution < 1.29 is 12.9 Å². The summed E-state index contributed by atoms with van der Waals surface area (Å²) in [5.41, 5.74) is 0. The lowest BCUT2D eigenvalue weighted by atomic mass is 10.2. The lowest BCUT2D eigenvalue weighted by Crippen LogP contribution is -2.44. The zero-order chi connectivity index (χ0) is 14.0. The lowest BCUT2D eigenvalue weighted by molar-refractivity contribution is 0.154. The Bertz CT molecular complexity index is 522. The molecule has 2 rings (SSSR count). The van der Waals surface area contributed by atoms with Crippen molar-refractivity contribution in [2.75, 3.05) is 32.4 Å². The van der Waals surface area contributed by atoms with E-state index in [1.807, 2.05) is 6.92 Å². The van der Waals surface area contributed by atoms with Crippen molar-refractivity contribution in [3.63, 3.8) is 0 Å². The van der Waals surface area contributed by atoms with Gasteiger partial charge in [-0.2, -0.15) is 4.98 Å². The molecule has 1 aromatic rings. The highest BCUT2D eigenvalue weighted by Crippen LogP contribution is 2.23. The average molecular weight is 288 g/mol. The first-order valence-corrected chi connectivity index (χ1v) is 8.32.